The molecular weight excluding hydrogens is 447 g/mol. The summed E-state index contributed by atoms with van der Waals surface area (Å²) in [7, 11) is 3.43. The standard InChI is InChI=1S/C18H28N4O3.HI/c1-4-25-18(23)22-11-9-15(10-12-22)21-17(19-2)20-13-14-7-5-6-8-16(14)24-3;/h5-8,15H,4,9-13H2,1-3H3,(H2,19,20,21);1H. The number of benzene rings is 1. The number of halogens is 1. The van der Waals surface area contributed by atoms with Gasteiger partial charge in [0, 0.05) is 38.3 Å². The molecule has 0 aliphatic carbocycles. The minimum atomic E-state index is -0.223. The number of carbonyl (C=O) groups is 1. The molecule has 1 aliphatic rings. The van der Waals surface area contributed by atoms with Gasteiger partial charge >= 0.3 is 6.09 Å². The zero-order valence-corrected chi connectivity index (χ0v) is 18.0. The number of methoxy groups -OCH3 is 1. The maximum atomic E-state index is 11.7. The van der Waals surface area contributed by atoms with Gasteiger partial charge in [-0.2, -0.15) is 0 Å². The summed E-state index contributed by atoms with van der Waals surface area (Å²) in [6, 6.07) is 8.19. The van der Waals surface area contributed by atoms with Crippen LogP contribution in [0.1, 0.15) is 25.3 Å². The molecule has 146 valence electrons. The van der Waals surface area contributed by atoms with Crippen molar-refractivity contribution in [3.05, 3.63) is 29.8 Å². The summed E-state index contributed by atoms with van der Waals surface area (Å²) in [5, 5.41) is 6.74. The predicted octanol–water partition coefficient (Wildman–Crippen LogP) is 2.60. The van der Waals surface area contributed by atoms with E-state index in [9.17, 15) is 4.79 Å². The Kier molecular flexibility index (Phi) is 10.2. The average Bonchev–Trinajstić information content (AvgIpc) is 2.66. The molecule has 1 aromatic carbocycles. The number of hydrogen-bond acceptors (Lipinski definition) is 4. The number of guanidine groups is 1. The Labute approximate surface area is 172 Å². The number of rotatable bonds is 5. The summed E-state index contributed by atoms with van der Waals surface area (Å²) in [6.07, 6.45) is 1.52. The molecule has 2 rings (SSSR count). The zero-order valence-electron chi connectivity index (χ0n) is 15.7. The number of para-hydroxylation sites is 1. The lowest BCUT2D eigenvalue weighted by Crippen LogP contribution is -2.49. The number of ether oxygens (including phenoxy) is 2. The van der Waals surface area contributed by atoms with Gasteiger partial charge in [-0.1, -0.05) is 18.2 Å². The first-order valence-corrected chi connectivity index (χ1v) is 8.68. The average molecular weight is 476 g/mol. The number of amides is 1. The molecule has 0 atom stereocenters. The summed E-state index contributed by atoms with van der Waals surface area (Å²) in [4.78, 5) is 17.8. The third-order valence-electron chi connectivity index (χ3n) is 4.22. The van der Waals surface area contributed by atoms with Crippen molar-refractivity contribution in [2.45, 2.75) is 32.4 Å². The van der Waals surface area contributed by atoms with Crippen molar-refractivity contribution in [3.63, 3.8) is 0 Å². The lowest BCUT2D eigenvalue weighted by molar-refractivity contribution is 0.0963. The van der Waals surface area contributed by atoms with Gasteiger partial charge in [0.05, 0.1) is 13.7 Å². The van der Waals surface area contributed by atoms with Gasteiger partial charge in [-0.15, -0.1) is 24.0 Å². The van der Waals surface area contributed by atoms with E-state index in [2.05, 4.69) is 15.6 Å². The second-order valence-corrected chi connectivity index (χ2v) is 5.84. The smallest absolute Gasteiger partial charge is 0.409 e. The summed E-state index contributed by atoms with van der Waals surface area (Å²) in [6.45, 7) is 4.26. The number of aliphatic imine (C=N–C) groups is 1. The van der Waals surface area contributed by atoms with Crippen molar-refractivity contribution in [1.29, 1.82) is 0 Å². The number of hydrogen-bond donors (Lipinski definition) is 2. The Morgan fingerprint density at radius 1 is 1.31 bits per heavy atom. The topological polar surface area (TPSA) is 75.2 Å². The van der Waals surface area contributed by atoms with Gasteiger partial charge < -0.3 is 25.0 Å². The summed E-state index contributed by atoms with van der Waals surface area (Å²) in [5.74, 6) is 1.61. The van der Waals surface area contributed by atoms with Gasteiger partial charge in [0.25, 0.3) is 0 Å². The Morgan fingerprint density at radius 3 is 2.62 bits per heavy atom. The second kappa shape index (κ2) is 11.8. The first kappa shape index (κ1) is 22.3. The minimum Gasteiger partial charge on any atom is -0.496 e. The van der Waals surface area contributed by atoms with Gasteiger partial charge in [-0.05, 0) is 25.8 Å². The van der Waals surface area contributed by atoms with Crippen LogP contribution in [0.2, 0.25) is 0 Å². The fraction of sp³-hybridized carbons (Fsp3) is 0.556. The van der Waals surface area contributed by atoms with E-state index in [0.29, 0.717) is 26.2 Å². The Bertz CT molecular complexity index is 590. The van der Waals surface area contributed by atoms with Gasteiger partial charge in [0.15, 0.2) is 5.96 Å². The predicted molar refractivity (Wildman–Crippen MR) is 113 cm³/mol. The van der Waals surface area contributed by atoms with Crippen molar-refractivity contribution in [3.8, 4) is 5.75 Å². The highest BCUT2D eigenvalue weighted by molar-refractivity contribution is 14.0. The van der Waals surface area contributed by atoms with Crippen LogP contribution in [-0.2, 0) is 11.3 Å². The minimum absolute atomic E-state index is 0. The van der Waals surface area contributed by atoms with Gasteiger partial charge in [0.1, 0.15) is 5.75 Å². The van der Waals surface area contributed by atoms with Crippen LogP contribution in [0.25, 0.3) is 0 Å². The molecule has 1 heterocycles. The molecule has 0 saturated carbocycles. The van der Waals surface area contributed by atoms with E-state index in [4.69, 9.17) is 9.47 Å². The lowest BCUT2D eigenvalue weighted by atomic mass is 10.1. The number of nitrogens with zero attached hydrogens (tertiary/aromatic N) is 2. The summed E-state index contributed by atoms with van der Waals surface area (Å²) in [5.41, 5.74) is 1.07. The number of likely N-dealkylation sites (tertiary alicyclic amines) is 1. The molecule has 0 radical (unpaired) electrons. The van der Waals surface area contributed by atoms with Crippen molar-refractivity contribution in [1.82, 2.24) is 15.5 Å². The summed E-state index contributed by atoms with van der Waals surface area (Å²) < 4.78 is 10.4. The maximum Gasteiger partial charge on any atom is 0.409 e. The van der Waals surface area contributed by atoms with Crippen molar-refractivity contribution >= 4 is 36.0 Å². The van der Waals surface area contributed by atoms with Crippen LogP contribution in [-0.4, -0.2) is 56.8 Å². The van der Waals surface area contributed by atoms with E-state index < -0.39 is 0 Å². The molecule has 0 spiro atoms. The molecule has 2 N–H and O–H groups in total. The fourth-order valence-electron chi connectivity index (χ4n) is 2.84. The first-order chi connectivity index (χ1) is 12.2. The van der Waals surface area contributed by atoms with Crippen LogP contribution in [0, 0.1) is 0 Å². The van der Waals surface area contributed by atoms with Gasteiger partial charge in [-0.25, -0.2) is 4.79 Å². The largest absolute Gasteiger partial charge is 0.496 e. The third-order valence-corrected chi connectivity index (χ3v) is 4.22. The quantitative estimate of drug-likeness (QED) is 0.388. The molecule has 1 fully saturated rings. The van der Waals surface area contributed by atoms with E-state index >= 15 is 0 Å². The molecule has 1 aromatic rings. The normalized spacial score (nSPS) is 15.0. The molecule has 7 nitrogen and oxygen atoms in total. The molecule has 1 aliphatic heterocycles. The monoisotopic (exact) mass is 476 g/mol. The molecule has 26 heavy (non-hydrogen) atoms. The van der Waals surface area contributed by atoms with E-state index in [0.717, 1.165) is 30.1 Å². The Morgan fingerprint density at radius 2 is 2.00 bits per heavy atom. The summed E-state index contributed by atoms with van der Waals surface area (Å²) >= 11 is 0. The van der Waals surface area contributed by atoms with Crippen LogP contribution in [0.5, 0.6) is 5.75 Å². The number of nitrogens with one attached hydrogen (secondary N) is 2. The SMILES string of the molecule is CCOC(=O)N1CCC(NC(=NC)NCc2ccccc2OC)CC1.I. The highest BCUT2D eigenvalue weighted by atomic mass is 127. The van der Waals surface area contributed by atoms with Crippen LogP contribution >= 0.6 is 24.0 Å². The Balaban J connectivity index is 0.00000338. The van der Waals surface area contributed by atoms with Crippen molar-refractivity contribution in [2.24, 2.45) is 4.99 Å². The van der Waals surface area contributed by atoms with Gasteiger partial charge in [-0.3, -0.25) is 4.99 Å². The van der Waals surface area contributed by atoms with Crippen molar-refractivity contribution < 1.29 is 14.3 Å². The van der Waals surface area contributed by atoms with Crippen molar-refractivity contribution in [2.75, 3.05) is 33.9 Å². The van der Waals surface area contributed by atoms with Crippen LogP contribution in [0.3, 0.4) is 0 Å². The number of carbonyl (C=O) groups excluding carboxylic acids is 1. The Hall–Kier alpha value is -1.71. The molecular formula is C18H29IN4O3. The fourth-order valence-corrected chi connectivity index (χ4v) is 2.84. The first-order valence-electron chi connectivity index (χ1n) is 8.68. The zero-order chi connectivity index (χ0) is 18.1. The lowest BCUT2D eigenvalue weighted by Gasteiger charge is -2.32. The van der Waals surface area contributed by atoms with Crippen LogP contribution in [0.15, 0.2) is 29.3 Å². The molecule has 0 aromatic heterocycles. The highest BCUT2D eigenvalue weighted by Gasteiger charge is 2.24. The second-order valence-electron chi connectivity index (χ2n) is 5.84. The molecule has 8 heteroatoms. The molecule has 0 unspecified atom stereocenters. The van der Waals surface area contributed by atoms with Gasteiger partial charge in [0.2, 0.25) is 0 Å². The molecule has 0 bridgehead atoms. The van der Waals surface area contributed by atoms with E-state index in [-0.39, 0.29) is 36.1 Å². The molecule has 1 amide bonds. The highest BCUT2D eigenvalue weighted by Crippen LogP contribution is 2.16. The van der Waals surface area contributed by atoms with Crippen LogP contribution in [0.4, 0.5) is 4.79 Å². The third kappa shape index (κ3) is 6.54. The molecule has 1 saturated heterocycles. The van der Waals surface area contributed by atoms with E-state index in [1.807, 2.05) is 31.2 Å². The van der Waals surface area contributed by atoms with Crippen LogP contribution < -0.4 is 15.4 Å². The number of piperidine rings is 1. The van der Waals surface area contributed by atoms with E-state index in [1.54, 1.807) is 19.1 Å². The maximum absolute atomic E-state index is 11.7. The van der Waals surface area contributed by atoms with E-state index in [1.165, 1.54) is 0 Å².